The third-order valence-corrected chi connectivity index (χ3v) is 5.67. The maximum absolute atomic E-state index is 12.6. The standard InChI is InChI=1S/C20H24N2O4S/c1-15(12-13-16-8-4-3-5-9-16)21-20(23)19-14-22(27(2,24)25)17-10-6-7-11-18(17)26-19/h3-11,15,19H,12-14H2,1-2H3,(H,21,23)/t15-,19+/m1/s1. The summed E-state index contributed by atoms with van der Waals surface area (Å²) in [6.07, 6.45) is 1.89. The molecular weight excluding hydrogens is 364 g/mol. The molecule has 0 saturated heterocycles. The molecule has 1 amide bonds. The van der Waals surface area contributed by atoms with Crippen molar-refractivity contribution in [1.29, 1.82) is 0 Å². The molecule has 0 fully saturated rings. The molecule has 1 aliphatic heterocycles. The summed E-state index contributed by atoms with van der Waals surface area (Å²) in [6.45, 7) is 1.90. The molecule has 0 aliphatic carbocycles. The maximum Gasteiger partial charge on any atom is 0.263 e. The van der Waals surface area contributed by atoms with Gasteiger partial charge in [-0.15, -0.1) is 0 Å². The van der Waals surface area contributed by atoms with Crippen molar-refractivity contribution >= 4 is 21.6 Å². The molecule has 2 atom stereocenters. The number of benzene rings is 2. The first-order valence-corrected chi connectivity index (χ1v) is 10.8. The predicted octanol–water partition coefficient (Wildman–Crippen LogP) is 2.35. The number of fused-ring (bicyclic) bond motifs is 1. The molecule has 144 valence electrons. The lowest BCUT2D eigenvalue weighted by Gasteiger charge is -2.34. The van der Waals surface area contributed by atoms with Crippen molar-refractivity contribution in [2.24, 2.45) is 0 Å². The van der Waals surface area contributed by atoms with Crippen LogP contribution in [0.15, 0.2) is 54.6 Å². The van der Waals surface area contributed by atoms with Crippen LogP contribution in [0, 0.1) is 0 Å². The van der Waals surface area contributed by atoms with Crippen molar-refractivity contribution in [3.05, 3.63) is 60.2 Å². The molecule has 0 unspecified atom stereocenters. The number of anilines is 1. The van der Waals surface area contributed by atoms with Crippen LogP contribution in [0.2, 0.25) is 0 Å². The van der Waals surface area contributed by atoms with Crippen molar-refractivity contribution in [3.8, 4) is 5.75 Å². The lowest BCUT2D eigenvalue weighted by Crippen LogP contribution is -2.52. The number of aryl methyl sites for hydroxylation is 1. The zero-order chi connectivity index (χ0) is 19.4. The molecule has 0 aromatic heterocycles. The Morgan fingerprint density at radius 1 is 1.19 bits per heavy atom. The van der Waals surface area contributed by atoms with Crippen LogP contribution in [0.25, 0.3) is 0 Å². The van der Waals surface area contributed by atoms with Gasteiger partial charge in [0.25, 0.3) is 5.91 Å². The van der Waals surface area contributed by atoms with Crippen LogP contribution in [0.5, 0.6) is 5.75 Å². The van der Waals surface area contributed by atoms with Gasteiger partial charge in [-0.2, -0.15) is 0 Å². The Bertz CT molecular complexity index is 899. The number of para-hydroxylation sites is 2. The van der Waals surface area contributed by atoms with Gasteiger partial charge in [0.15, 0.2) is 6.10 Å². The molecule has 2 aromatic carbocycles. The zero-order valence-electron chi connectivity index (χ0n) is 15.5. The van der Waals surface area contributed by atoms with Gasteiger partial charge in [0.1, 0.15) is 5.75 Å². The highest BCUT2D eigenvalue weighted by atomic mass is 32.2. The van der Waals surface area contributed by atoms with Gasteiger partial charge in [-0.3, -0.25) is 9.10 Å². The van der Waals surface area contributed by atoms with E-state index >= 15 is 0 Å². The molecule has 0 spiro atoms. The van der Waals surface area contributed by atoms with E-state index in [9.17, 15) is 13.2 Å². The van der Waals surface area contributed by atoms with Crippen LogP contribution in [0.3, 0.4) is 0 Å². The Morgan fingerprint density at radius 2 is 1.85 bits per heavy atom. The summed E-state index contributed by atoms with van der Waals surface area (Å²) in [4.78, 5) is 12.6. The van der Waals surface area contributed by atoms with E-state index in [1.54, 1.807) is 24.3 Å². The lowest BCUT2D eigenvalue weighted by atomic mass is 10.1. The molecule has 3 rings (SSSR count). The van der Waals surface area contributed by atoms with Crippen molar-refractivity contribution in [2.45, 2.75) is 31.9 Å². The minimum absolute atomic E-state index is 0.0346. The molecular formula is C20H24N2O4S. The average Bonchev–Trinajstić information content (AvgIpc) is 2.65. The first kappa shape index (κ1) is 19.2. The van der Waals surface area contributed by atoms with Gasteiger partial charge in [0.2, 0.25) is 10.0 Å². The van der Waals surface area contributed by atoms with Crippen molar-refractivity contribution < 1.29 is 17.9 Å². The molecule has 6 nitrogen and oxygen atoms in total. The molecule has 1 aliphatic rings. The second kappa shape index (κ2) is 8.00. The van der Waals surface area contributed by atoms with Crippen LogP contribution >= 0.6 is 0 Å². The van der Waals surface area contributed by atoms with Crippen LogP contribution in [0.4, 0.5) is 5.69 Å². The van der Waals surface area contributed by atoms with Crippen LogP contribution in [0.1, 0.15) is 18.9 Å². The van der Waals surface area contributed by atoms with Gasteiger partial charge in [0, 0.05) is 6.04 Å². The summed E-state index contributed by atoms with van der Waals surface area (Å²) >= 11 is 0. The lowest BCUT2D eigenvalue weighted by molar-refractivity contribution is -0.128. The normalized spacial score (nSPS) is 17.6. The van der Waals surface area contributed by atoms with E-state index in [1.807, 2.05) is 25.1 Å². The van der Waals surface area contributed by atoms with E-state index in [0.29, 0.717) is 11.4 Å². The molecule has 2 aromatic rings. The summed E-state index contributed by atoms with van der Waals surface area (Å²) in [5, 5.41) is 2.94. The molecule has 7 heteroatoms. The van der Waals surface area contributed by atoms with E-state index in [4.69, 9.17) is 4.74 Å². The van der Waals surface area contributed by atoms with Gasteiger partial charge >= 0.3 is 0 Å². The second-order valence-electron chi connectivity index (χ2n) is 6.80. The number of rotatable bonds is 6. The minimum atomic E-state index is -3.51. The number of amides is 1. The first-order valence-electron chi connectivity index (χ1n) is 8.92. The van der Waals surface area contributed by atoms with Crippen molar-refractivity contribution in [1.82, 2.24) is 5.32 Å². The number of carbonyl (C=O) groups excluding carboxylic acids is 1. The number of carbonyl (C=O) groups is 1. The SMILES string of the molecule is C[C@H](CCc1ccccc1)NC(=O)[C@@H]1CN(S(C)(=O)=O)c2ccccc2O1. The summed E-state index contributed by atoms with van der Waals surface area (Å²) < 4.78 is 31.3. The molecule has 0 radical (unpaired) electrons. The Labute approximate surface area is 160 Å². The third-order valence-electron chi connectivity index (χ3n) is 4.53. The first-order chi connectivity index (χ1) is 12.8. The minimum Gasteiger partial charge on any atom is -0.476 e. The molecule has 27 heavy (non-hydrogen) atoms. The van der Waals surface area contributed by atoms with Crippen molar-refractivity contribution in [3.63, 3.8) is 0 Å². The van der Waals surface area contributed by atoms with E-state index in [-0.39, 0.29) is 18.5 Å². The quantitative estimate of drug-likeness (QED) is 0.824. The number of sulfonamides is 1. The molecule has 0 saturated carbocycles. The van der Waals surface area contributed by atoms with Gasteiger partial charge in [0.05, 0.1) is 18.5 Å². The van der Waals surface area contributed by atoms with Gasteiger partial charge in [-0.1, -0.05) is 42.5 Å². The summed E-state index contributed by atoms with van der Waals surface area (Å²) in [6, 6.07) is 16.9. The highest BCUT2D eigenvalue weighted by Crippen LogP contribution is 2.34. The van der Waals surface area contributed by atoms with Gasteiger partial charge < -0.3 is 10.1 Å². The number of nitrogens with one attached hydrogen (secondary N) is 1. The average molecular weight is 388 g/mol. The highest BCUT2D eigenvalue weighted by molar-refractivity contribution is 7.92. The summed E-state index contributed by atoms with van der Waals surface area (Å²) in [7, 11) is -3.51. The Hall–Kier alpha value is -2.54. The number of ether oxygens (including phenoxy) is 1. The summed E-state index contributed by atoms with van der Waals surface area (Å²) in [5.74, 6) is 0.0879. The molecule has 0 bridgehead atoms. The van der Waals surface area contributed by atoms with E-state index in [0.717, 1.165) is 19.1 Å². The fourth-order valence-corrected chi connectivity index (χ4v) is 4.00. The van der Waals surface area contributed by atoms with E-state index in [1.165, 1.54) is 9.87 Å². The van der Waals surface area contributed by atoms with Crippen molar-refractivity contribution in [2.75, 3.05) is 17.1 Å². The Balaban J connectivity index is 1.65. The largest absolute Gasteiger partial charge is 0.476 e. The van der Waals surface area contributed by atoms with E-state index < -0.39 is 16.1 Å². The monoisotopic (exact) mass is 388 g/mol. The van der Waals surface area contributed by atoms with Crippen LogP contribution in [-0.4, -0.2) is 39.3 Å². The maximum atomic E-state index is 12.6. The molecule has 1 heterocycles. The molecule has 1 N–H and O–H groups in total. The predicted molar refractivity (Wildman–Crippen MR) is 105 cm³/mol. The Kier molecular flexibility index (Phi) is 5.70. The van der Waals surface area contributed by atoms with E-state index in [2.05, 4.69) is 17.4 Å². The van der Waals surface area contributed by atoms with Gasteiger partial charge in [-0.05, 0) is 37.5 Å². The number of hydrogen-bond donors (Lipinski definition) is 1. The fraction of sp³-hybridized carbons (Fsp3) is 0.350. The smallest absolute Gasteiger partial charge is 0.263 e. The van der Waals surface area contributed by atoms with Crippen LogP contribution < -0.4 is 14.4 Å². The fourth-order valence-electron chi connectivity index (χ4n) is 3.09. The second-order valence-corrected chi connectivity index (χ2v) is 8.71. The van der Waals surface area contributed by atoms with Crippen LogP contribution in [-0.2, 0) is 21.2 Å². The number of hydrogen-bond acceptors (Lipinski definition) is 4. The van der Waals surface area contributed by atoms with Gasteiger partial charge in [-0.25, -0.2) is 8.42 Å². The highest BCUT2D eigenvalue weighted by Gasteiger charge is 2.35. The number of nitrogens with zero attached hydrogens (tertiary/aromatic N) is 1. The Morgan fingerprint density at radius 3 is 2.56 bits per heavy atom. The third kappa shape index (κ3) is 4.80. The zero-order valence-corrected chi connectivity index (χ0v) is 16.3. The topological polar surface area (TPSA) is 75.7 Å². The summed E-state index contributed by atoms with van der Waals surface area (Å²) in [5.41, 5.74) is 1.67.